The maximum atomic E-state index is 13.0. The standard InChI is InChI=1S/C24H16F3N3S/c25-24(26,27)18-8-6-17(7-9-18)22-13-30-15-28-29-23(30)21-12-19(10-11-20(21)22)31-14-16-4-2-1-3-5-16/h1-13,15H,14H2. The predicted molar refractivity (Wildman–Crippen MR) is 117 cm³/mol. The van der Waals surface area contributed by atoms with Crippen LogP contribution >= 0.6 is 11.8 Å². The summed E-state index contributed by atoms with van der Waals surface area (Å²) in [5.41, 5.74) is 2.83. The van der Waals surface area contributed by atoms with Gasteiger partial charge in [-0.1, -0.05) is 48.5 Å². The lowest BCUT2D eigenvalue weighted by Crippen LogP contribution is -2.04. The maximum Gasteiger partial charge on any atom is 0.416 e. The second-order valence-corrected chi connectivity index (χ2v) is 8.21. The lowest BCUT2D eigenvalue weighted by molar-refractivity contribution is -0.137. The number of thioether (sulfide) groups is 1. The monoisotopic (exact) mass is 435 g/mol. The van der Waals surface area contributed by atoms with Crippen LogP contribution in [0, 0.1) is 0 Å². The molecule has 0 spiro atoms. The zero-order valence-corrected chi connectivity index (χ0v) is 17.0. The number of halogens is 3. The Morgan fingerprint density at radius 1 is 0.871 bits per heavy atom. The molecule has 0 bridgehead atoms. The normalized spacial score (nSPS) is 12.0. The summed E-state index contributed by atoms with van der Waals surface area (Å²) >= 11 is 1.72. The highest BCUT2D eigenvalue weighted by molar-refractivity contribution is 7.98. The van der Waals surface area contributed by atoms with Gasteiger partial charge in [-0.2, -0.15) is 13.2 Å². The van der Waals surface area contributed by atoms with Gasteiger partial charge in [-0.15, -0.1) is 22.0 Å². The molecule has 2 heterocycles. The average molecular weight is 435 g/mol. The Kier molecular flexibility index (Phi) is 4.90. The fourth-order valence-electron chi connectivity index (χ4n) is 3.58. The number of alkyl halides is 3. The Morgan fingerprint density at radius 3 is 2.39 bits per heavy atom. The van der Waals surface area contributed by atoms with E-state index in [0.29, 0.717) is 11.2 Å². The Balaban J connectivity index is 1.57. The number of hydrogen-bond acceptors (Lipinski definition) is 3. The molecule has 0 radical (unpaired) electrons. The number of aromatic nitrogens is 3. The lowest BCUT2D eigenvalue weighted by Gasteiger charge is -2.12. The molecule has 7 heteroatoms. The first-order chi connectivity index (χ1) is 15.0. The topological polar surface area (TPSA) is 30.2 Å². The third kappa shape index (κ3) is 3.88. The molecule has 154 valence electrons. The van der Waals surface area contributed by atoms with E-state index < -0.39 is 11.7 Å². The first-order valence-electron chi connectivity index (χ1n) is 9.59. The molecular weight excluding hydrogens is 419 g/mol. The van der Waals surface area contributed by atoms with Crippen molar-refractivity contribution in [2.45, 2.75) is 16.8 Å². The van der Waals surface area contributed by atoms with Crippen molar-refractivity contribution in [2.75, 3.05) is 0 Å². The van der Waals surface area contributed by atoms with Gasteiger partial charge in [0, 0.05) is 27.8 Å². The Hall–Kier alpha value is -3.32. The molecule has 31 heavy (non-hydrogen) atoms. The summed E-state index contributed by atoms with van der Waals surface area (Å²) in [5, 5.41) is 10.1. The molecule has 0 atom stereocenters. The third-order valence-electron chi connectivity index (χ3n) is 5.13. The molecule has 3 aromatic carbocycles. The van der Waals surface area contributed by atoms with E-state index in [1.807, 2.05) is 36.5 Å². The zero-order chi connectivity index (χ0) is 21.4. The van der Waals surface area contributed by atoms with E-state index >= 15 is 0 Å². The molecule has 0 N–H and O–H groups in total. The minimum atomic E-state index is -4.36. The highest BCUT2D eigenvalue weighted by atomic mass is 32.2. The SMILES string of the molecule is FC(F)(F)c1ccc(-c2cn3cnnc3c3cc(SCc4ccccc4)ccc23)cc1. The molecule has 0 aliphatic heterocycles. The van der Waals surface area contributed by atoms with Crippen LogP contribution in [0.5, 0.6) is 0 Å². The van der Waals surface area contributed by atoms with Crippen LogP contribution in [0.4, 0.5) is 13.2 Å². The second kappa shape index (κ2) is 7.74. The summed E-state index contributed by atoms with van der Waals surface area (Å²) in [6, 6.07) is 21.6. The molecule has 5 rings (SSSR count). The van der Waals surface area contributed by atoms with E-state index in [-0.39, 0.29) is 0 Å². The van der Waals surface area contributed by atoms with Gasteiger partial charge < -0.3 is 0 Å². The lowest BCUT2D eigenvalue weighted by atomic mass is 9.99. The number of hydrogen-bond donors (Lipinski definition) is 0. The van der Waals surface area contributed by atoms with Crippen molar-refractivity contribution < 1.29 is 13.2 Å². The van der Waals surface area contributed by atoms with Gasteiger partial charge in [0.25, 0.3) is 0 Å². The van der Waals surface area contributed by atoms with Crippen molar-refractivity contribution in [1.29, 1.82) is 0 Å². The second-order valence-electron chi connectivity index (χ2n) is 7.16. The Morgan fingerprint density at radius 2 is 1.65 bits per heavy atom. The van der Waals surface area contributed by atoms with Crippen molar-refractivity contribution in [3.8, 4) is 11.1 Å². The fraction of sp³-hybridized carbons (Fsp3) is 0.0833. The molecule has 2 aromatic heterocycles. The summed E-state index contributed by atoms with van der Waals surface area (Å²) in [7, 11) is 0. The van der Waals surface area contributed by atoms with E-state index in [2.05, 4.69) is 28.4 Å². The Bertz CT molecular complexity index is 1360. The maximum absolute atomic E-state index is 13.0. The van der Waals surface area contributed by atoms with E-state index in [9.17, 15) is 13.2 Å². The molecule has 5 aromatic rings. The predicted octanol–water partition coefficient (Wildman–Crippen LogP) is 6.86. The largest absolute Gasteiger partial charge is 0.416 e. The van der Waals surface area contributed by atoms with E-state index in [1.165, 1.54) is 17.7 Å². The molecule has 0 fully saturated rings. The van der Waals surface area contributed by atoms with Gasteiger partial charge in [-0.25, -0.2) is 0 Å². The summed E-state index contributed by atoms with van der Waals surface area (Å²) in [4.78, 5) is 1.09. The number of fused-ring (bicyclic) bond motifs is 3. The van der Waals surface area contributed by atoms with Gasteiger partial charge in [-0.3, -0.25) is 4.40 Å². The van der Waals surface area contributed by atoms with Crippen molar-refractivity contribution in [3.63, 3.8) is 0 Å². The van der Waals surface area contributed by atoms with Crippen LogP contribution < -0.4 is 0 Å². The van der Waals surface area contributed by atoms with E-state index in [1.54, 1.807) is 22.5 Å². The quantitative estimate of drug-likeness (QED) is 0.289. The minimum Gasteiger partial charge on any atom is -0.288 e. The number of benzene rings is 3. The van der Waals surface area contributed by atoms with E-state index in [0.717, 1.165) is 39.1 Å². The fourth-order valence-corrected chi connectivity index (χ4v) is 4.47. The summed E-state index contributed by atoms with van der Waals surface area (Å²) in [5.74, 6) is 0.841. The minimum absolute atomic E-state index is 0.662. The van der Waals surface area contributed by atoms with Gasteiger partial charge in [0.15, 0.2) is 5.65 Å². The van der Waals surface area contributed by atoms with Gasteiger partial charge in [0.2, 0.25) is 0 Å². The highest BCUT2D eigenvalue weighted by Crippen LogP contribution is 2.36. The van der Waals surface area contributed by atoms with Gasteiger partial charge in [0.05, 0.1) is 5.56 Å². The van der Waals surface area contributed by atoms with Gasteiger partial charge in [-0.05, 0) is 40.8 Å². The van der Waals surface area contributed by atoms with Crippen LogP contribution in [0.2, 0.25) is 0 Å². The highest BCUT2D eigenvalue weighted by Gasteiger charge is 2.30. The molecule has 0 aliphatic carbocycles. The van der Waals surface area contributed by atoms with Crippen molar-refractivity contribution in [2.24, 2.45) is 0 Å². The molecule has 0 unspecified atom stereocenters. The van der Waals surface area contributed by atoms with Crippen molar-refractivity contribution >= 4 is 28.2 Å². The number of rotatable bonds is 4. The zero-order valence-electron chi connectivity index (χ0n) is 16.2. The van der Waals surface area contributed by atoms with Crippen LogP contribution in [0.3, 0.4) is 0 Å². The van der Waals surface area contributed by atoms with Crippen LogP contribution in [-0.2, 0) is 11.9 Å². The third-order valence-corrected chi connectivity index (χ3v) is 6.20. The first-order valence-corrected chi connectivity index (χ1v) is 10.6. The molecular formula is C24H16F3N3S. The van der Waals surface area contributed by atoms with Crippen LogP contribution in [-0.4, -0.2) is 14.6 Å². The summed E-state index contributed by atoms with van der Waals surface area (Å²) in [6.45, 7) is 0. The molecule has 0 aliphatic rings. The van der Waals surface area contributed by atoms with Crippen molar-refractivity contribution in [3.05, 3.63) is 96.4 Å². The number of pyridine rings is 1. The summed E-state index contributed by atoms with van der Waals surface area (Å²) < 4.78 is 40.7. The smallest absolute Gasteiger partial charge is 0.288 e. The molecule has 3 nitrogen and oxygen atoms in total. The van der Waals surface area contributed by atoms with Gasteiger partial charge in [0.1, 0.15) is 6.33 Å². The molecule has 0 amide bonds. The average Bonchev–Trinajstić information content (AvgIpc) is 3.26. The van der Waals surface area contributed by atoms with Crippen LogP contribution in [0.1, 0.15) is 11.1 Å². The molecule has 0 saturated heterocycles. The van der Waals surface area contributed by atoms with Crippen LogP contribution in [0.15, 0.2) is 90.2 Å². The molecule has 0 saturated carbocycles. The van der Waals surface area contributed by atoms with Gasteiger partial charge >= 0.3 is 6.18 Å². The number of nitrogens with zero attached hydrogens (tertiary/aromatic N) is 3. The van der Waals surface area contributed by atoms with Crippen molar-refractivity contribution in [1.82, 2.24) is 14.6 Å². The Labute approximate surface area is 180 Å². The summed E-state index contributed by atoms with van der Waals surface area (Å²) in [6.07, 6.45) is -0.896. The van der Waals surface area contributed by atoms with Crippen LogP contribution in [0.25, 0.3) is 27.5 Å². The van der Waals surface area contributed by atoms with E-state index in [4.69, 9.17) is 0 Å². The first kappa shape index (κ1) is 19.6.